The van der Waals surface area contributed by atoms with Crippen LogP contribution in [-0.4, -0.2) is 47.6 Å². The maximum atomic E-state index is 13.3. The largest absolute Gasteiger partial charge is 0.378 e. The number of carbonyl (C=O) groups is 1. The van der Waals surface area contributed by atoms with Crippen LogP contribution in [0.5, 0.6) is 0 Å². The minimum Gasteiger partial charge on any atom is -0.378 e. The molecule has 0 unspecified atom stereocenters. The number of aromatic amines is 1. The van der Waals surface area contributed by atoms with Crippen molar-refractivity contribution in [3.63, 3.8) is 0 Å². The Morgan fingerprint density at radius 1 is 1.17 bits per heavy atom. The van der Waals surface area contributed by atoms with Gasteiger partial charge in [-0.2, -0.15) is 0 Å². The molecule has 0 bridgehead atoms. The van der Waals surface area contributed by atoms with Crippen LogP contribution in [0.2, 0.25) is 0 Å². The SMILES string of the molecule is CCN(C(=O)c1cc2ccccc2[nH]1)[C@H]1COC[C@@H](N[C@@H]2CCc3ccccc32)C1. The summed E-state index contributed by atoms with van der Waals surface area (Å²) in [4.78, 5) is 18.5. The number of likely N-dealkylation sites (N-methyl/N-ethyl adjacent to an activating group) is 1. The van der Waals surface area contributed by atoms with Crippen molar-refractivity contribution in [1.82, 2.24) is 15.2 Å². The Kier molecular flexibility index (Phi) is 5.32. The van der Waals surface area contributed by atoms with E-state index in [-0.39, 0.29) is 18.0 Å². The smallest absolute Gasteiger partial charge is 0.270 e. The third kappa shape index (κ3) is 3.64. The van der Waals surface area contributed by atoms with Crippen LogP contribution in [0.15, 0.2) is 54.6 Å². The molecule has 2 heterocycles. The number of ether oxygens (including phenoxy) is 1. The summed E-state index contributed by atoms with van der Waals surface area (Å²) in [5.41, 5.74) is 4.52. The molecule has 5 rings (SSSR count). The molecule has 1 aliphatic heterocycles. The van der Waals surface area contributed by atoms with Gasteiger partial charge in [0.05, 0.1) is 19.3 Å². The van der Waals surface area contributed by atoms with E-state index in [0.717, 1.165) is 30.2 Å². The molecular weight excluding hydrogens is 374 g/mol. The maximum Gasteiger partial charge on any atom is 0.270 e. The topological polar surface area (TPSA) is 57.4 Å². The Labute approximate surface area is 177 Å². The second kappa shape index (κ2) is 8.25. The first-order valence-electron chi connectivity index (χ1n) is 11.0. The van der Waals surface area contributed by atoms with Gasteiger partial charge in [0, 0.05) is 29.5 Å². The minimum atomic E-state index is 0.0502. The summed E-state index contributed by atoms with van der Waals surface area (Å²) in [5, 5.41) is 4.88. The fraction of sp³-hybridized carbons (Fsp3) is 0.400. The molecule has 5 nitrogen and oxygen atoms in total. The number of H-pyrrole nitrogens is 1. The monoisotopic (exact) mass is 403 g/mol. The van der Waals surface area contributed by atoms with Gasteiger partial charge in [-0.1, -0.05) is 42.5 Å². The molecule has 156 valence electrons. The Morgan fingerprint density at radius 2 is 2.00 bits per heavy atom. The van der Waals surface area contributed by atoms with E-state index in [0.29, 0.717) is 31.5 Å². The van der Waals surface area contributed by atoms with Crippen LogP contribution in [0.1, 0.15) is 47.4 Å². The van der Waals surface area contributed by atoms with E-state index in [1.54, 1.807) is 0 Å². The first-order chi connectivity index (χ1) is 14.7. The minimum absolute atomic E-state index is 0.0502. The summed E-state index contributed by atoms with van der Waals surface area (Å²) in [7, 11) is 0. The predicted molar refractivity (Wildman–Crippen MR) is 119 cm³/mol. The standard InChI is InChI=1S/C25H29N3O2/c1-2-28(25(29)24-13-18-8-4-6-10-22(18)27-24)20-14-19(15-30-16-20)26-23-12-11-17-7-3-5-9-21(17)23/h3-10,13,19-20,23,26-27H,2,11-12,14-16H2,1H3/t19-,20+,23+/m0/s1. The van der Waals surface area contributed by atoms with E-state index in [1.165, 1.54) is 11.1 Å². The number of para-hydroxylation sites is 1. The number of nitrogens with one attached hydrogen (secondary N) is 2. The summed E-state index contributed by atoms with van der Waals surface area (Å²) in [6.45, 7) is 4.01. The van der Waals surface area contributed by atoms with E-state index in [2.05, 4.69) is 34.6 Å². The Morgan fingerprint density at radius 3 is 2.87 bits per heavy atom. The molecule has 1 saturated heterocycles. The van der Waals surface area contributed by atoms with Crippen LogP contribution in [-0.2, 0) is 11.2 Å². The molecule has 1 amide bonds. The van der Waals surface area contributed by atoms with E-state index in [4.69, 9.17) is 4.74 Å². The Balaban J connectivity index is 1.29. The van der Waals surface area contributed by atoms with Crippen molar-refractivity contribution < 1.29 is 9.53 Å². The van der Waals surface area contributed by atoms with Crippen molar-refractivity contribution in [1.29, 1.82) is 0 Å². The average molecular weight is 404 g/mol. The first-order valence-corrected chi connectivity index (χ1v) is 11.0. The zero-order chi connectivity index (χ0) is 20.5. The number of fused-ring (bicyclic) bond motifs is 2. The highest BCUT2D eigenvalue weighted by molar-refractivity contribution is 5.98. The molecule has 0 saturated carbocycles. The van der Waals surface area contributed by atoms with Crippen LogP contribution in [0.25, 0.3) is 10.9 Å². The number of hydrogen-bond acceptors (Lipinski definition) is 3. The van der Waals surface area contributed by atoms with Crippen LogP contribution in [0, 0.1) is 0 Å². The summed E-state index contributed by atoms with van der Waals surface area (Å²) in [6, 6.07) is 19.4. The van der Waals surface area contributed by atoms with Crippen molar-refractivity contribution in [3.8, 4) is 0 Å². The van der Waals surface area contributed by atoms with Crippen molar-refractivity contribution >= 4 is 16.8 Å². The fourth-order valence-corrected chi connectivity index (χ4v) is 5.07. The predicted octanol–water partition coefficient (Wildman–Crippen LogP) is 4.06. The lowest BCUT2D eigenvalue weighted by atomic mass is 10.0. The summed E-state index contributed by atoms with van der Waals surface area (Å²) in [5.74, 6) is 0.0502. The molecule has 1 fully saturated rings. The Bertz CT molecular complexity index is 1010. The van der Waals surface area contributed by atoms with Crippen molar-refractivity contribution in [3.05, 3.63) is 71.4 Å². The molecule has 1 aromatic heterocycles. The molecule has 3 atom stereocenters. The number of rotatable bonds is 5. The zero-order valence-electron chi connectivity index (χ0n) is 17.4. The van der Waals surface area contributed by atoms with Crippen molar-refractivity contribution in [2.24, 2.45) is 0 Å². The summed E-state index contributed by atoms with van der Waals surface area (Å²) in [6.07, 6.45) is 3.18. The average Bonchev–Trinajstić information content (AvgIpc) is 3.39. The van der Waals surface area contributed by atoms with Gasteiger partial charge < -0.3 is 19.9 Å². The second-order valence-corrected chi connectivity index (χ2v) is 8.44. The number of carbonyl (C=O) groups excluding carboxylic acids is 1. The lowest BCUT2D eigenvalue weighted by molar-refractivity contribution is 0.000932. The van der Waals surface area contributed by atoms with Gasteiger partial charge in [-0.25, -0.2) is 0 Å². The van der Waals surface area contributed by atoms with Crippen LogP contribution in [0.3, 0.4) is 0 Å². The third-order valence-corrected chi connectivity index (χ3v) is 6.56. The molecule has 0 radical (unpaired) electrons. The number of aryl methyl sites for hydroxylation is 1. The lowest BCUT2D eigenvalue weighted by Gasteiger charge is -2.38. The van der Waals surface area contributed by atoms with Gasteiger partial charge in [0.1, 0.15) is 5.69 Å². The molecule has 1 aliphatic carbocycles. The number of benzene rings is 2. The second-order valence-electron chi connectivity index (χ2n) is 8.44. The molecule has 2 aromatic carbocycles. The Hall–Kier alpha value is -2.63. The third-order valence-electron chi connectivity index (χ3n) is 6.56. The van der Waals surface area contributed by atoms with Crippen LogP contribution in [0.4, 0.5) is 0 Å². The summed E-state index contributed by atoms with van der Waals surface area (Å²) >= 11 is 0. The molecule has 3 aromatic rings. The zero-order valence-corrected chi connectivity index (χ0v) is 17.4. The van der Waals surface area contributed by atoms with E-state index in [9.17, 15) is 4.79 Å². The van der Waals surface area contributed by atoms with E-state index in [1.807, 2.05) is 42.2 Å². The highest BCUT2D eigenvalue weighted by Crippen LogP contribution is 2.32. The van der Waals surface area contributed by atoms with Gasteiger partial charge in [-0.15, -0.1) is 0 Å². The number of amides is 1. The molecule has 2 aliphatic rings. The van der Waals surface area contributed by atoms with Gasteiger partial charge in [0.2, 0.25) is 0 Å². The highest BCUT2D eigenvalue weighted by Gasteiger charge is 2.33. The molecule has 0 spiro atoms. The van der Waals surface area contributed by atoms with Gasteiger partial charge in [-0.05, 0) is 49.4 Å². The molecular formula is C25H29N3O2. The normalized spacial score (nSPS) is 23.4. The van der Waals surface area contributed by atoms with Crippen LogP contribution < -0.4 is 5.32 Å². The van der Waals surface area contributed by atoms with E-state index < -0.39 is 0 Å². The maximum absolute atomic E-state index is 13.3. The molecule has 2 N–H and O–H groups in total. The quantitative estimate of drug-likeness (QED) is 0.675. The van der Waals surface area contributed by atoms with Crippen molar-refractivity contribution in [2.45, 2.75) is 44.3 Å². The van der Waals surface area contributed by atoms with E-state index >= 15 is 0 Å². The molecule has 30 heavy (non-hydrogen) atoms. The van der Waals surface area contributed by atoms with Crippen molar-refractivity contribution in [2.75, 3.05) is 19.8 Å². The number of aromatic nitrogens is 1. The number of nitrogens with zero attached hydrogens (tertiary/aromatic N) is 1. The van der Waals surface area contributed by atoms with Gasteiger partial charge in [0.25, 0.3) is 5.91 Å². The lowest BCUT2D eigenvalue weighted by Crippen LogP contribution is -2.51. The summed E-state index contributed by atoms with van der Waals surface area (Å²) < 4.78 is 5.95. The first kappa shape index (κ1) is 19.3. The van der Waals surface area contributed by atoms with Gasteiger partial charge >= 0.3 is 0 Å². The highest BCUT2D eigenvalue weighted by atomic mass is 16.5. The van der Waals surface area contributed by atoms with Crippen LogP contribution >= 0.6 is 0 Å². The molecule has 5 heteroatoms. The number of hydrogen-bond donors (Lipinski definition) is 2. The fourth-order valence-electron chi connectivity index (χ4n) is 5.07. The van der Waals surface area contributed by atoms with Gasteiger partial charge in [-0.3, -0.25) is 4.79 Å². The van der Waals surface area contributed by atoms with Gasteiger partial charge in [0.15, 0.2) is 0 Å².